The number of halogens is 3. The molecule has 1 amide bonds. The third-order valence-corrected chi connectivity index (χ3v) is 5.44. The van der Waals surface area contributed by atoms with E-state index in [1.807, 2.05) is 10.9 Å². The second-order valence-electron chi connectivity index (χ2n) is 7.74. The van der Waals surface area contributed by atoms with Crippen molar-refractivity contribution >= 4 is 22.5 Å². The van der Waals surface area contributed by atoms with Gasteiger partial charge in [-0.1, -0.05) is 25.3 Å². The maximum absolute atomic E-state index is 12.9. The fourth-order valence-corrected chi connectivity index (χ4v) is 3.88. The van der Waals surface area contributed by atoms with Crippen LogP contribution in [0.5, 0.6) is 5.75 Å². The molecule has 1 aromatic carbocycles. The molecule has 0 unspecified atom stereocenters. The van der Waals surface area contributed by atoms with Gasteiger partial charge in [0.2, 0.25) is 0 Å². The highest BCUT2D eigenvalue weighted by molar-refractivity contribution is 6.05. The van der Waals surface area contributed by atoms with Crippen molar-refractivity contribution < 1.29 is 27.8 Å². The van der Waals surface area contributed by atoms with E-state index in [2.05, 4.69) is 15.4 Å². The molecule has 2 N–H and O–H groups in total. The van der Waals surface area contributed by atoms with Crippen LogP contribution in [-0.4, -0.2) is 39.0 Å². The van der Waals surface area contributed by atoms with Gasteiger partial charge in [-0.3, -0.25) is 9.48 Å². The molecule has 0 saturated heterocycles. The van der Waals surface area contributed by atoms with Gasteiger partial charge in [-0.25, -0.2) is 4.98 Å². The first-order chi connectivity index (χ1) is 15.3. The normalized spacial score (nSPS) is 15.1. The van der Waals surface area contributed by atoms with Gasteiger partial charge in [-0.05, 0) is 31.0 Å². The van der Waals surface area contributed by atoms with E-state index in [4.69, 9.17) is 9.84 Å². The monoisotopic (exact) mass is 448 g/mol. The lowest BCUT2D eigenvalue weighted by Crippen LogP contribution is -2.17. The number of nitrogens with zero attached hydrogens (tertiary/aromatic N) is 3. The number of aromatic nitrogens is 3. The Balaban J connectivity index is 1.64. The summed E-state index contributed by atoms with van der Waals surface area (Å²) in [5, 5.41) is 17.1. The first kappa shape index (κ1) is 22.1. The van der Waals surface area contributed by atoms with Gasteiger partial charge >= 0.3 is 6.18 Å². The lowest BCUT2D eigenvalue weighted by atomic mass is 9.96. The number of amides is 1. The molecule has 1 aliphatic rings. The zero-order valence-corrected chi connectivity index (χ0v) is 17.2. The van der Waals surface area contributed by atoms with Crippen molar-refractivity contribution in [2.75, 3.05) is 18.5 Å². The second kappa shape index (κ2) is 9.15. The highest BCUT2D eigenvalue weighted by Gasteiger charge is 2.33. The Labute approximate surface area is 182 Å². The number of rotatable bonds is 6. The molecule has 0 aliphatic heterocycles. The number of hydrogen-bond donors (Lipinski definition) is 2. The van der Waals surface area contributed by atoms with Gasteiger partial charge in [-0.2, -0.15) is 18.3 Å². The number of nitrogens with one attached hydrogen (secondary N) is 1. The summed E-state index contributed by atoms with van der Waals surface area (Å²) in [6.45, 7) is -0.253. The number of pyridine rings is 1. The highest BCUT2D eigenvalue weighted by atomic mass is 19.4. The van der Waals surface area contributed by atoms with Crippen molar-refractivity contribution in [1.29, 1.82) is 0 Å². The standard InChI is InChI=1S/C22H23F3N4O3/c23-22(24,25)20-8-4-7-16(26-20)21(31)27-18-11-14-13-29(15-5-2-1-3-6-15)28-17(14)12-19(18)32-10-9-30/h4,7-8,11-13,15,30H,1-3,5-6,9-10H2,(H,27,31). The van der Waals surface area contributed by atoms with Crippen LogP contribution in [0, 0.1) is 0 Å². The number of carbonyl (C=O) groups is 1. The maximum Gasteiger partial charge on any atom is 0.433 e. The van der Waals surface area contributed by atoms with Crippen LogP contribution in [0.4, 0.5) is 18.9 Å². The predicted molar refractivity (Wildman–Crippen MR) is 112 cm³/mol. The molecule has 10 heteroatoms. The Morgan fingerprint density at radius 3 is 2.72 bits per heavy atom. The molecule has 0 bridgehead atoms. The van der Waals surface area contributed by atoms with E-state index in [1.165, 1.54) is 12.5 Å². The number of aliphatic hydroxyl groups is 1. The van der Waals surface area contributed by atoms with Crippen molar-refractivity contribution in [3.8, 4) is 5.75 Å². The van der Waals surface area contributed by atoms with Gasteiger partial charge in [-0.15, -0.1) is 0 Å². The van der Waals surface area contributed by atoms with Gasteiger partial charge in [0.05, 0.1) is 23.9 Å². The van der Waals surface area contributed by atoms with Crippen LogP contribution in [0.1, 0.15) is 54.3 Å². The molecule has 0 spiro atoms. The lowest BCUT2D eigenvalue weighted by Gasteiger charge is -2.21. The van der Waals surface area contributed by atoms with E-state index >= 15 is 0 Å². The average Bonchev–Trinajstić information content (AvgIpc) is 3.20. The molecule has 1 saturated carbocycles. The van der Waals surface area contributed by atoms with Crippen LogP contribution in [0.2, 0.25) is 0 Å². The molecule has 7 nitrogen and oxygen atoms in total. The number of carbonyl (C=O) groups excluding carboxylic acids is 1. The fraction of sp³-hybridized carbons (Fsp3) is 0.409. The molecule has 32 heavy (non-hydrogen) atoms. The van der Waals surface area contributed by atoms with Crippen LogP contribution >= 0.6 is 0 Å². The van der Waals surface area contributed by atoms with Crippen molar-refractivity contribution in [2.24, 2.45) is 0 Å². The van der Waals surface area contributed by atoms with Gasteiger partial charge in [0.25, 0.3) is 5.91 Å². The summed E-state index contributed by atoms with van der Waals surface area (Å²) < 4.78 is 46.3. The minimum absolute atomic E-state index is 0.0144. The number of aliphatic hydroxyl groups excluding tert-OH is 1. The number of alkyl halides is 3. The topological polar surface area (TPSA) is 89.3 Å². The van der Waals surface area contributed by atoms with Crippen LogP contribution < -0.4 is 10.1 Å². The SMILES string of the molecule is O=C(Nc1cc2cn(C3CCCCC3)nc2cc1OCCO)c1cccc(C(F)(F)F)n1. The number of benzene rings is 1. The van der Waals surface area contributed by atoms with E-state index in [-0.39, 0.29) is 30.3 Å². The smallest absolute Gasteiger partial charge is 0.433 e. The van der Waals surface area contributed by atoms with E-state index in [0.29, 0.717) is 11.6 Å². The Bertz CT molecular complexity index is 1110. The Morgan fingerprint density at radius 1 is 1.22 bits per heavy atom. The zero-order chi connectivity index (χ0) is 22.7. The lowest BCUT2D eigenvalue weighted by molar-refractivity contribution is -0.141. The van der Waals surface area contributed by atoms with Crippen LogP contribution in [-0.2, 0) is 6.18 Å². The van der Waals surface area contributed by atoms with E-state index < -0.39 is 17.8 Å². The van der Waals surface area contributed by atoms with Crippen LogP contribution in [0.3, 0.4) is 0 Å². The minimum Gasteiger partial charge on any atom is -0.489 e. The summed E-state index contributed by atoms with van der Waals surface area (Å²) in [7, 11) is 0. The molecule has 170 valence electrons. The third kappa shape index (κ3) is 4.85. The fourth-order valence-electron chi connectivity index (χ4n) is 3.88. The summed E-state index contributed by atoms with van der Waals surface area (Å²) in [6.07, 6.45) is 2.86. The predicted octanol–water partition coefficient (Wildman–Crippen LogP) is 4.58. The molecule has 4 rings (SSSR count). The molecule has 1 aliphatic carbocycles. The quantitative estimate of drug-likeness (QED) is 0.576. The molecule has 1 fully saturated rings. The number of hydrogen-bond acceptors (Lipinski definition) is 5. The molecule has 3 aromatic rings. The minimum atomic E-state index is -4.65. The Kier molecular flexibility index (Phi) is 6.31. The number of anilines is 1. The third-order valence-electron chi connectivity index (χ3n) is 5.44. The molecule has 2 heterocycles. The maximum atomic E-state index is 12.9. The van der Waals surface area contributed by atoms with Crippen LogP contribution in [0.15, 0.2) is 36.5 Å². The first-order valence-electron chi connectivity index (χ1n) is 10.5. The Morgan fingerprint density at radius 2 is 2.00 bits per heavy atom. The summed E-state index contributed by atoms with van der Waals surface area (Å²) in [4.78, 5) is 16.1. The van der Waals surface area contributed by atoms with Gasteiger partial charge in [0.15, 0.2) is 0 Å². The van der Waals surface area contributed by atoms with Gasteiger partial charge < -0.3 is 15.2 Å². The Hall–Kier alpha value is -3.14. The summed E-state index contributed by atoms with van der Waals surface area (Å²) >= 11 is 0. The highest BCUT2D eigenvalue weighted by Crippen LogP contribution is 2.34. The van der Waals surface area contributed by atoms with Gasteiger partial charge in [0, 0.05) is 17.6 Å². The first-order valence-corrected chi connectivity index (χ1v) is 10.5. The number of fused-ring (bicyclic) bond motifs is 1. The van der Waals surface area contributed by atoms with Crippen molar-refractivity contribution in [2.45, 2.75) is 44.3 Å². The zero-order valence-electron chi connectivity index (χ0n) is 17.2. The van der Waals surface area contributed by atoms with Gasteiger partial charge in [0.1, 0.15) is 23.7 Å². The second-order valence-corrected chi connectivity index (χ2v) is 7.74. The largest absolute Gasteiger partial charge is 0.489 e. The molecule has 0 atom stereocenters. The molecule has 0 radical (unpaired) electrons. The van der Waals surface area contributed by atoms with Crippen molar-refractivity contribution in [3.63, 3.8) is 0 Å². The van der Waals surface area contributed by atoms with E-state index in [9.17, 15) is 18.0 Å². The average molecular weight is 448 g/mol. The van der Waals surface area contributed by atoms with E-state index in [1.54, 1.807) is 12.1 Å². The number of ether oxygens (including phenoxy) is 1. The summed E-state index contributed by atoms with van der Waals surface area (Å²) in [5.74, 6) is -0.537. The van der Waals surface area contributed by atoms with E-state index in [0.717, 1.165) is 43.2 Å². The molecular formula is C22H23F3N4O3. The molecular weight excluding hydrogens is 425 g/mol. The van der Waals surface area contributed by atoms with Crippen molar-refractivity contribution in [1.82, 2.24) is 14.8 Å². The van der Waals surface area contributed by atoms with Crippen LogP contribution in [0.25, 0.3) is 10.9 Å². The summed E-state index contributed by atoms with van der Waals surface area (Å²) in [5.41, 5.74) is -0.589. The molecule has 2 aromatic heterocycles. The van der Waals surface area contributed by atoms with Crippen molar-refractivity contribution in [3.05, 3.63) is 47.9 Å². The summed E-state index contributed by atoms with van der Waals surface area (Å²) in [6, 6.07) is 6.77.